The van der Waals surface area contributed by atoms with Gasteiger partial charge in [0, 0.05) is 13.1 Å². The second-order valence-electron chi connectivity index (χ2n) is 6.95. The van der Waals surface area contributed by atoms with E-state index in [9.17, 15) is 4.79 Å². The number of carbonyl (C=O) groups is 1. The standard InChI is InChI=1S/C22H28N2O2/c1-26-21-11-9-18(10-12-21)15-22(25)23-16-19-5-7-20(8-6-19)17-24-13-3-2-4-14-24/h5-12H,2-4,13-17H2,1H3,(H,23,25). The number of rotatable bonds is 7. The summed E-state index contributed by atoms with van der Waals surface area (Å²) in [6, 6.07) is 16.2. The van der Waals surface area contributed by atoms with Gasteiger partial charge in [0.15, 0.2) is 0 Å². The largest absolute Gasteiger partial charge is 0.497 e. The lowest BCUT2D eigenvalue weighted by Crippen LogP contribution is -2.29. The normalized spacial score (nSPS) is 14.8. The molecule has 1 N–H and O–H groups in total. The molecule has 1 fully saturated rings. The lowest BCUT2D eigenvalue weighted by molar-refractivity contribution is -0.120. The molecule has 1 aliphatic rings. The van der Waals surface area contributed by atoms with Crippen LogP contribution in [-0.2, 0) is 24.3 Å². The Morgan fingerprint density at radius 3 is 2.19 bits per heavy atom. The highest BCUT2D eigenvalue weighted by Gasteiger charge is 2.10. The maximum atomic E-state index is 12.1. The smallest absolute Gasteiger partial charge is 0.224 e. The van der Waals surface area contributed by atoms with Crippen molar-refractivity contribution in [2.45, 2.75) is 38.8 Å². The quantitative estimate of drug-likeness (QED) is 0.829. The zero-order valence-electron chi connectivity index (χ0n) is 15.5. The van der Waals surface area contributed by atoms with E-state index in [0.29, 0.717) is 13.0 Å². The van der Waals surface area contributed by atoms with Gasteiger partial charge in [0.25, 0.3) is 0 Å². The van der Waals surface area contributed by atoms with Gasteiger partial charge < -0.3 is 10.1 Å². The average Bonchev–Trinajstić information content (AvgIpc) is 2.69. The molecular weight excluding hydrogens is 324 g/mol. The summed E-state index contributed by atoms with van der Waals surface area (Å²) < 4.78 is 5.13. The molecule has 0 aliphatic carbocycles. The number of carbonyl (C=O) groups excluding carboxylic acids is 1. The first-order valence-corrected chi connectivity index (χ1v) is 9.43. The van der Waals surface area contributed by atoms with Crippen molar-refractivity contribution in [2.24, 2.45) is 0 Å². The monoisotopic (exact) mass is 352 g/mol. The topological polar surface area (TPSA) is 41.6 Å². The van der Waals surface area contributed by atoms with Crippen LogP contribution in [0.15, 0.2) is 48.5 Å². The van der Waals surface area contributed by atoms with E-state index < -0.39 is 0 Å². The number of hydrogen-bond donors (Lipinski definition) is 1. The van der Waals surface area contributed by atoms with Crippen LogP contribution in [0.3, 0.4) is 0 Å². The molecule has 26 heavy (non-hydrogen) atoms. The highest BCUT2D eigenvalue weighted by atomic mass is 16.5. The fraction of sp³-hybridized carbons (Fsp3) is 0.409. The van der Waals surface area contributed by atoms with Crippen LogP contribution in [0, 0.1) is 0 Å². The summed E-state index contributed by atoms with van der Waals surface area (Å²) in [6.07, 6.45) is 4.39. The van der Waals surface area contributed by atoms with Crippen molar-refractivity contribution in [2.75, 3.05) is 20.2 Å². The number of nitrogens with zero attached hydrogens (tertiary/aromatic N) is 1. The number of likely N-dealkylation sites (tertiary alicyclic amines) is 1. The van der Waals surface area contributed by atoms with Crippen molar-refractivity contribution in [1.82, 2.24) is 10.2 Å². The van der Waals surface area contributed by atoms with Gasteiger partial charge in [-0.3, -0.25) is 9.69 Å². The van der Waals surface area contributed by atoms with E-state index in [0.717, 1.165) is 23.4 Å². The molecule has 0 aromatic heterocycles. The van der Waals surface area contributed by atoms with Crippen LogP contribution in [0.2, 0.25) is 0 Å². The molecule has 1 aliphatic heterocycles. The average molecular weight is 352 g/mol. The van der Waals surface area contributed by atoms with E-state index in [-0.39, 0.29) is 5.91 Å². The minimum atomic E-state index is 0.0348. The lowest BCUT2D eigenvalue weighted by Gasteiger charge is -2.26. The molecule has 0 bridgehead atoms. The fourth-order valence-electron chi connectivity index (χ4n) is 3.33. The molecule has 0 spiro atoms. The predicted molar refractivity (Wildman–Crippen MR) is 104 cm³/mol. The number of nitrogens with one attached hydrogen (secondary N) is 1. The number of piperidine rings is 1. The van der Waals surface area contributed by atoms with Crippen molar-refractivity contribution in [3.63, 3.8) is 0 Å². The van der Waals surface area contributed by atoms with E-state index in [1.165, 1.54) is 37.9 Å². The molecule has 2 aromatic rings. The molecule has 0 saturated carbocycles. The summed E-state index contributed by atoms with van der Waals surface area (Å²) in [5.74, 6) is 0.839. The van der Waals surface area contributed by atoms with E-state index >= 15 is 0 Å². The number of amides is 1. The third-order valence-corrected chi connectivity index (χ3v) is 4.89. The Bertz CT molecular complexity index is 689. The summed E-state index contributed by atoms with van der Waals surface area (Å²) in [5.41, 5.74) is 3.47. The number of hydrogen-bond acceptors (Lipinski definition) is 3. The van der Waals surface area contributed by atoms with E-state index in [4.69, 9.17) is 4.74 Å². The molecule has 0 radical (unpaired) electrons. The fourth-order valence-corrected chi connectivity index (χ4v) is 3.33. The minimum absolute atomic E-state index is 0.0348. The molecule has 3 rings (SSSR count). The van der Waals surface area contributed by atoms with Crippen LogP contribution in [-0.4, -0.2) is 31.0 Å². The van der Waals surface area contributed by atoms with Crippen molar-refractivity contribution in [1.29, 1.82) is 0 Å². The van der Waals surface area contributed by atoms with Crippen molar-refractivity contribution >= 4 is 5.91 Å². The Morgan fingerprint density at radius 1 is 0.923 bits per heavy atom. The zero-order chi connectivity index (χ0) is 18.2. The SMILES string of the molecule is COc1ccc(CC(=O)NCc2ccc(CN3CCCCC3)cc2)cc1. The van der Waals surface area contributed by atoms with Gasteiger partial charge >= 0.3 is 0 Å². The minimum Gasteiger partial charge on any atom is -0.497 e. The van der Waals surface area contributed by atoms with Gasteiger partial charge in [-0.15, -0.1) is 0 Å². The van der Waals surface area contributed by atoms with E-state index in [2.05, 4.69) is 34.5 Å². The van der Waals surface area contributed by atoms with Gasteiger partial charge in [0.2, 0.25) is 5.91 Å². The molecule has 0 unspecified atom stereocenters. The molecule has 1 saturated heterocycles. The molecule has 2 aromatic carbocycles. The summed E-state index contributed by atoms with van der Waals surface area (Å²) >= 11 is 0. The third kappa shape index (κ3) is 5.60. The molecule has 1 amide bonds. The van der Waals surface area contributed by atoms with Crippen molar-refractivity contribution in [3.8, 4) is 5.75 Å². The van der Waals surface area contributed by atoms with E-state index in [1.54, 1.807) is 7.11 Å². The van der Waals surface area contributed by atoms with Gasteiger partial charge in [-0.1, -0.05) is 42.8 Å². The first-order valence-electron chi connectivity index (χ1n) is 9.43. The number of methoxy groups -OCH3 is 1. The number of ether oxygens (including phenoxy) is 1. The van der Waals surface area contributed by atoms with Crippen molar-refractivity contribution in [3.05, 3.63) is 65.2 Å². The van der Waals surface area contributed by atoms with Crippen LogP contribution < -0.4 is 10.1 Å². The molecule has 0 atom stereocenters. The maximum absolute atomic E-state index is 12.1. The molecular formula is C22H28N2O2. The van der Waals surface area contributed by atoms with Gasteiger partial charge in [-0.25, -0.2) is 0 Å². The maximum Gasteiger partial charge on any atom is 0.224 e. The molecule has 4 nitrogen and oxygen atoms in total. The highest BCUT2D eigenvalue weighted by molar-refractivity contribution is 5.78. The Balaban J connectivity index is 1.44. The third-order valence-electron chi connectivity index (χ3n) is 4.89. The van der Waals surface area contributed by atoms with Gasteiger partial charge in [0.1, 0.15) is 5.75 Å². The first kappa shape index (κ1) is 18.5. The Kier molecular flexibility index (Phi) is 6.67. The van der Waals surface area contributed by atoms with Gasteiger partial charge in [-0.05, 0) is 54.8 Å². The van der Waals surface area contributed by atoms with Crippen LogP contribution in [0.4, 0.5) is 0 Å². The summed E-state index contributed by atoms with van der Waals surface area (Å²) in [7, 11) is 1.64. The Morgan fingerprint density at radius 2 is 1.54 bits per heavy atom. The van der Waals surface area contributed by atoms with Crippen LogP contribution in [0.25, 0.3) is 0 Å². The van der Waals surface area contributed by atoms with E-state index in [1.807, 2.05) is 24.3 Å². The van der Waals surface area contributed by atoms with Gasteiger partial charge in [0.05, 0.1) is 13.5 Å². The molecule has 4 heteroatoms. The summed E-state index contributed by atoms with van der Waals surface area (Å²) in [4.78, 5) is 14.6. The summed E-state index contributed by atoms with van der Waals surface area (Å²) in [6.45, 7) is 4.02. The second kappa shape index (κ2) is 9.39. The molecule has 138 valence electrons. The highest BCUT2D eigenvalue weighted by Crippen LogP contribution is 2.14. The lowest BCUT2D eigenvalue weighted by atomic mass is 10.1. The van der Waals surface area contributed by atoms with Crippen LogP contribution in [0.1, 0.15) is 36.0 Å². The zero-order valence-corrected chi connectivity index (χ0v) is 15.5. The van der Waals surface area contributed by atoms with Crippen LogP contribution in [0.5, 0.6) is 5.75 Å². The number of benzene rings is 2. The Labute approximate surface area is 156 Å². The Hall–Kier alpha value is -2.33. The van der Waals surface area contributed by atoms with Gasteiger partial charge in [-0.2, -0.15) is 0 Å². The second-order valence-corrected chi connectivity index (χ2v) is 6.95. The van der Waals surface area contributed by atoms with Crippen LogP contribution >= 0.6 is 0 Å². The first-order chi connectivity index (χ1) is 12.7. The predicted octanol–water partition coefficient (Wildman–Crippen LogP) is 3.54. The summed E-state index contributed by atoms with van der Waals surface area (Å²) in [5, 5.41) is 3.00. The molecule has 1 heterocycles. The van der Waals surface area contributed by atoms with Crippen molar-refractivity contribution < 1.29 is 9.53 Å².